The number of hydrogen-bond acceptors (Lipinski definition) is 1. The van der Waals surface area contributed by atoms with Crippen molar-refractivity contribution in [1.29, 1.82) is 0 Å². The molecule has 1 unspecified atom stereocenters. The minimum Gasteiger partial charge on any atom is -0.280 e. The van der Waals surface area contributed by atoms with Gasteiger partial charge in [-0.15, -0.1) is 0 Å². The van der Waals surface area contributed by atoms with Gasteiger partial charge in [0.25, 0.3) is 0 Å². The van der Waals surface area contributed by atoms with Crippen molar-refractivity contribution in [2.45, 2.75) is 26.9 Å². The first kappa shape index (κ1) is 15.0. The summed E-state index contributed by atoms with van der Waals surface area (Å²) in [6, 6.07) is 0. The van der Waals surface area contributed by atoms with Crippen LogP contribution in [-0.4, -0.2) is 30.3 Å². The number of halogens is 3. The summed E-state index contributed by atoms with van der Waals surface area (Å²) in [6.45, 7) is 9.16. The van der Waals surface area contributed by atoms with Crippen molar-refractivity contribution >= 4 is 5.71 Å². The van der Waals surface area contributed by atoms with E-state index in [1.165, 1.54) is 7.11 Å². The zero-order valence-electron chi connectivity index (χ0n) is 10.1. The van der Waals surface area contributed by atoms with Gasteiger partial charge in [0.2, 0.25) is 0 Å². The second-order valence-corrected chi connectivity index (χ2v) is 4.05. The third-order valence-electron chi connectivity index (χ3n) is 2.56. The summed E-state index contributed by atoms with van der Waals surface area (Å²) in [6.07, 6.45) is -3.66. The average molecular weight is 238 g/mol. The lowest BCUT2D eigenvalue weighted by molar-refractivity contribution is -0.786. The molecule has 0 aromatic carbocycles. The molecule has 0 rings (SSSR count). The third kappa shape index (κ3) is 4.24. The Morgan fingerprint density at radius 3 is 2.12 bits per heavy atom. The summed E-state index contributed by atoms with van der Waals surface area (Å²) >= 11 is 0. The maximum Gasteiger partial charge on any atom is 0.481 e. The van der Waals surface area contributed by atoms with Gasteiger partial charge in [-0.1, -0.05) is 27.4 Å². The van der Waals surface area contributed by atoms with Crippen LogP contribution in [0.5, 0.6) is 0 Å². The van der Waals surface area contributed by atoms with E-state index in [1.54, 1.807) is 0 Å². The highest BCUT2D eigenvalue weighted by molar-refractivity contribution is 5.94. The highest BCUT2D eigenvalue weighted by atomic mass is 19.4. The lowest BCUT2D eigenvalue weighted by Crippen LogP contribution is -2.35. The van der Waals surface area contributed by atoms with Gasteiger partial charge < -0.3 is 0 Å². The maximum atomic E-state index is 12.6. The zero-order chi connectivity index (χ0) is 12.9. The van der Waals surface area contributed by atoms with Crippen LogP contribution in [0.4, 0.5) is 13.2 Å². The SMILES string of the molecule is C=CC(=[N+](CC(C)C(C)C)OC)C(F)(F)F. The second kappa shape index (κ2) is 5.92. The van der Waals surface area contributed by atoms with E-state index in [0.29, 0.717) is 0 Å². The van der Waals surface area contributed by atoms with Crippen LogP contribution in [-0.2, 0) is 4.84 Å². The van der Waals surface area contributed by atoms with Crippen molar-refractivity contribution in [3.8, 4) is 0 Å². The fourth-order valence-corrected chi connectivity index (χ4v) is 1.10. The summed E-state index contributed by atoms with van der Waals surface area (Å²) in [7, 11) is 1.22. The lowest BCUT2D eigenvalue weighted by atomic mass is 9.98. The van der Waals surface area contributed by atoms with Gasteiger partial charge in [0.1, 0.15) is 7.11 Å². The smallest absolute Gasteiger partial charge is 0.280 e. The Balaban J connectivity index is 5.06. The van der Waals surface area contributed by atoms with Crippen LogP contribution in [0, 0.1) is 11.8 Å². The van der Waals surface area contributed by atoms with E-state index in [4.69, 9.17) is 4.84 Å². The van der Waals surface area contributed by atoms with Crippen molar-refractivity contribution in [3.05, 3.63) is 12.7 Å². The minimum absolute atomic E-state index is 0.0947. The highest BCUT2D eigenvalue weighted by Crippen LogP contribution is 2.19. The Hall–Kier alpha value is -1.00. The van der Waals surface area contributed by atoms with Crippen LogP contribution in [0.15, 0.2) is 12.7 Å². The molecule has 0 aliphatic rings. The standard InChI is InChI=1S/C11H19F3NO/c1-6-10(11(12,13)14)15(16-5)7-9(4)8(2)3/h6,8-9H,1,7H2,2-5H3/q+1. The monoisotopic (exact) mass is 238 g/mol. The van der Waals surface area contributed by atoms with E-state index in [0.717, 1.165) is 10.8 Å². The normalized spacial score (nSPS) is 15.8. The number of hydrogen-bond donors (Lipinski definition) is 0. The molecule has 16 heavy (non-hydrogen) atoms. The molecule has 0 saturated carbocycles. The zero-order valence-corrected chi connectivity index (χ0v) is 10.1. The van der Waals surface area contributed by atoms with E-state index in [9.17, 15) is 13.2 Å². The predicted octanol–water partition coefficient (Wildman–Crippen LogP) is 3.04. The summed E-state index contributed by atoms with van der Waals surface area (Å²) < 4.78 is 38.6. The van der Waals surface area contributed by atoms with Crippen LogP contribution in [0.25, 0.3) is 0 Å². The predicted molar refractivity (Wildman–Crippen MR) is 57.4 cm³/mol. The number of alkyl halides is 3. The first-order chi connectivity index (χ1) is 7.23. The molecule has 0 amide bonds. The van der Waals surface area contributed by atoms with E-state index in [1.807, 2.05) is 20.8 Å². The molecule has 0 aliphatic carbocycles. The quantitative estimate of drug-likeness (QED) is 0.407. The molecule has 0 aromatic heterocycles. The largest absolute Gasteiger partial charge is 0.481 e. The second-order valence-electron chi connectivity index (χ2n) is 4.05. The van der Waals surface area contributed by atoms with E-state index < -0.39 is 11.9 Å². The Morgan fingerprint density at radius 1 is 1.38 bits per heavy atom. The van der Waals surface area contributed by atoms with Crippen molar-refractivity contribution in [1.82, 2.24) is 0 Å². The Bertz CT molecular complexity index is 269. The molecule has 0 aromatic rings. The maximum absolute atomic E-state index is 12.6. The number of allylic oxidation sites excluding steroid dienone is 1. The lowest BCUT2D eigenvalue weighted by Gasteiger charge is -2.13. The molecule has 5 heteroatoms. The van der Waals surface area contributed by atoms with Gasteiger partial charge in [-0.2, -0.15) is 13.2 Å². The average Bonchev–Trinajstić information content (AvgIpc) is 2.14. The highest BCUT2D eigenvalue weighted by Gasteiger charge is 2.43. The Morgan fingerprint density at radius 2 is 1.88 bits per heavy atom. The van der Waals surface area contributed by atoms with Gasteiger partial charge >= 0.3 is 11.9 Å². The van der Waals surface area contributed by atoms with Gasteiger partial charge in [-0.25, -0.2) is 0 Å². The number of rotatable bonds is 5. The van der Waals surface area contributed by atoms with Gasteiger partial charge in [0, 0.05) is 12.0 Å². The van der Waals surface area contributed by atoms with Crippen molar-refractivity contribution in [2.24, 2.45) is 11.8 Å². The molecule has 94 valence electrons. The van der Waals surface area contributed by atoms with Crippen LogP contribution in [0.2, 0.25) is 0 Å². The fraction of sp³-hybridized carbons (Fsp3) is 0.727. The molecule has 2 nitrogen and oxygen atoms in total. The first-order valence-electron chi connectivity index (χ1n) is 5.12. The topological polar surface area (TPSA) is 12.2 Å². The van der Waals surface area contributed by atoms with Gasteiger partial charge in [0.15, 0.2) is 6.54 Å². The van der Waals surface area contributed by atoms with Gasteiger partial charge in [-0.3, -0.25) is 4.84 Å². The molecule has 0 saturated heterocycles. The van der Waals surface area contributed by atoms with Crippen LogP contribution >= 0.6 is 0 Å². The summed E-state index contributed by atoms with van der Waals surface area (Å²) in [5.74, 6) is 0.384. The summed E-state index contributed by atoms with van der Waals surface area (Å²) in [5.41, 5.74) is -0.859. The summed E-state index contributed by atoms with van der Waals surface area (Å²) in [5, 5.41) is 0. The Kier molecular flexibility index (Phi) is 5.55. The van der Waals surface area contributed by atoms with Gasteiger partial charge in [0.05, 0.1) is 0 Å². The van der Waals surface area contributed by atoms with Gasteiger partial charge in [-0.05, 0) is 10.7 Å². The van der Waals surface area contributed by atoms with Crippen LogP contribution < -0.4 is 0 Å². The van der Waals surface area contributed by atoms with E-state index >= 15 is 0 Å². The molecule has 0 heterocycles. The molecule has 0 spiro atoms. The summed E-state index contributed by atoms with van der Waals surface area (Å²) in [4.78, 5) is 4.76. The number of nitrogens with zero attached hydrogens (tertiary/aromatic N) is 1. The molecule has 0 aliphatic heterocycles. The fourth-order valence-electron chi connectivity index (χ4n) is 1.10. The molecular formula is C11H19F3NO+. The van der Waals surface area contributed by atoms with Crippen LogP contribution in [0.3, 0.4) is 0 Å². The first-order valence-corrected chi connectivity index (χ1v) is 5.12. The molecule has 0 N–H and O–H groups in total. The third-order valence-corrected chi connectivity index (χ3v) is 2.56. The molecular weight excluding hydrogens is 219 g/mol. The Labute approximate surface area is 94.4 Å². The molecule has 0 bridgehead atoms. The van der Waals surface area contributed by atoms with E-state index in [-0.39, 0.29) is 18.4 Å². The van der Waals surface area contributed by atoms with Crippen molar-refractivity contribution < 1.29 is 22.7 Å². The van der Waals surface area contributed by atoms with Crippen LogP contribution in [0.1, 0.15) is 20.8 Å². The molecule has 0 radical (unpaired) electrons. The van der Waals surface area contributed by atoms with Crippen molar-refractivity contribution in [2.75, 3.05) is 13.7 Å². The number of hydroxylamine groups is 1. The minimum atomic E-state index is -4.44. The van der Waals surface area contributed by atoms with Crippen molar-refractivity contribution in [3.63, 3.8) is 0 Å². The molecule has 0 fully saturated rings. The van der Waals surface area contributed by atoms with E-state index in [2.05, 4.69) is 6.58 Å². The molecule has 1 atom stereocenters.